The van der Waals surface area contributed by atoms with Gasteiger partial charge in [0.2, 0.25) is 0 Å². The molecular formula is C22H14N2O6. The summed E-state index contributed by atoms with van der Waals surface area (Å²) in [5.41, 5.74) is -0.0789. The highest BCUT2D eigenvalue weighted by molar-refractivity contribution is 5.94. The summed E-state index contributed by atoms with van der Waals surface area (Å²) in [4.78, 5) is 41.6. The maximum absolute atomic E-state index is 10.7. The van der Waals surface area contributed by atoms with E-state index in [4.69, 9.17) is 0 Å². The van der Waals surface area contributed by atoms with Crippen molar-refractivity contribution in [2.75, 3.05) is 0 Å². The first kappa shape index (κ1) is 20.3. The smallest absolute Gasteiger partial charge is 0.280 e. The molecule has 0 aliphatic heterocycles. The molecule has 30 heavy (non-hydrogen) atoms. The quantitative estimate of drug-likeness (QED) is 0.265. The summed E-state index contributed by atoms with van der Waals surface area (Å²) in [6.45, 7) is 0. The minimum Gasteiger partial charge on any atom is -0.298 e. The van der Waals surface area contributed by atoms with Crippen LogP contribution < -0.4 is 0 Å². The molecule has 148 valence electrons. The van der Waals surface area contributed by atoms with Crippen molar-refractivity contribution in [1.29, 1.82) is 0 Å². The molecule has 8 heteroatoms. The summed E-state index contributed by atoms with van der Waals surface area (Å²) in [5.74, 6) is 0. The maximum atomic E-state index is 10.7. The topological polar surface area (TPSA) is 120 Å². The zero-order chi connectivity index (χ0) is 21.7. The Morgan fingerprint density at radius 1 is 0.567 bits per heavy atom. The van der Waals surface area contributed by atoms with Gasteiger partial charge in [-0.1, -0.05) is 48.5 Å². The van der Waals surface area contributed by atoms with Gasteiger partial charge in [0, 0.05) is 12.1 Å². The van der Waals surface area contributed by atoms with Gasteiger partial charge in [-0.15, -0.1) is 0 Å². The molecule has 8 nitrogen and oxygen atoms in total. The van der Waals surface area contributed by atoms with Crippen molar-refractivity contribution in [2.45, 2.75) is 0 Å². The summed E-state index contributed by atoms with van der Waals surface area (Å²) in [6.07, 6.45) is 1.01. The van der Waals surface area contributed by atoms with Crippen molar-refractivity contribution in [1.82, 2.24) is 0 Å². The highest BCUT2D eigenvalue weighted by atomic mass is 16.6. The molecule has 4 aromatic rings. The van der Waals surface area contributed by atoms with Crippen LogP contribution in [0.3, 0.4) is 0 Å². The van der Waals surface area contributed by atoms with Crippen molar-refractivity contribution in [2.24, 2.45) is 0 Å². The molecule has 0 aliphatic rings. The van der Waals surface area contributed by atoms with Gasteiger partial charge in [0.05, 0.1) is 21.0 Å². The van der Waals surface area contributed by atoms with E-state index in [1.54, 1.807) is 24.3 Å². The van der Waals surface area contributed by atoms with Gasteiger partial charge in [0.25, 0.3) is 11.4 Å². The van der Waals surface area contributed by atoms with Crippen molar-refractivity contribution in [3.63, 3.8) is 0 Å². The molecule has 0 atom stereocenters. The number of carbonyl (C=O) groups is 2. The summed E-state index contributed by atoms with van der Waals surface area (Å²) in [5, 5.41) is 24.5. The number of fused-ring (bicyclic) bond motifs is 2. The van der Waals surface area contributed by atoms with Crippen molar-refractivity contribution < 1.29 is 19.4 Å². The number of rotatable bonds is 4. The summed E-state index contributed by atoms with van der Waals surface area (Å²) in [7, 11) is 0. The van der Waals surface area contributed by atoms with E-state index >= 15 is 0 Å². The van der Waals surface area contributed by atoms with Crippen molar-refractivity contribution >= 4 is 45.5 Å². The zero-order valence-corrected chi connectivity index (χ0v) is 15.4. The van der Waals surface area contributed by atoms with Crippen LogP contribution in [-0.4, -0.2) is 22.4 Å². The summed E-state index contributed by atoms with van der Waals surface area (Å²) >= 11 is 0. The molecule has 0 amide bonds. The predicted octanol–water partition coefficient (Wildman–Crippen LogP) is 5.12. The van der Waals surface area contributed by atoms with Crippen LogP contribution in [0, 0.1) is 20.2 Å². The Labute approximate surface area is 169 Å². The minimum atomic E-state index is -0.545. The van der Waals surface area contributed by atoms with E-state index in [9.17, 15) is 29.8 Å². The second-order valence-electron chi connectivity index (χ2n) is 6.27. The fourth-order valence-electron chi connectivity index (χ4n) is 3.00. The Balaban J connectivity index is 0.000000171. The Morgan fingerprint density at radius 3 is 1.13 bits per heavy atom. The lowest BCUT2D eigenvalue weighted by molar-refractivity contribution is -0.385. The number of nitrogens with zero attached hydrogens (tertiary/aromatic N) is 2. The molecule has 0 aromatic heterocycles. The largest absolute Gasteiger partial charge is 0.298 e. The molecule has 0 spiro atoms. The van der Waals surface area contributed by atoms with E-state index < -0.39 is 9.85 Å². The van der Waals surface area contributed by atoms with E-state index in [1.807, 2.05) is 24.3 Å². The normalized spacial score (nSPS) is 10.1. The van der Waals surface area contributed by atoms with Gasteiger partial charge in [0.1, 0.15) is 0 Å². The first-order valence-electron chi connectivity index (χ1n) is 8.69. The lowest BCUT2D eigenvalue weighted by Crippen LogP contribution is -1.94. The molecular weight excluding hydrogens is 388 g/mol. The number of carbonyl (C=O) groups excluding carboxylic acids is 2. The maximum Gasteiger partial charge on any atom is 0.280 e. The van der Waals surface area contributed by atoms with Gasteiger partial charge in [-0.2, -0.15) is 0 Å². The minimum absolute atomic E-state index is 0.110. The average molecular weight is 402 g/mol. The Morgan fingerprint density at radius 2 is 0.867 bits per heavy atom. The van der Waals surface area contributed by atoms with Crippen molar-refractivity contribution in [3.05, 3.63) is 104 Å². The van der Waals surface area contributed by atoms with Crippen LogP contribution >= 0.6 is 0 Å². The SMILES string of the molecule is O=Cc1cc2ccccc2cc1[N+](=O)[O-].O=Cc1cc2ccccc2cc1[N+](=O)[O-]. The van der Waals surface area contributed by atoms with Gasteiger partial charge < -0.3 is 0 Å². The highest BCUT2D eigenvalue weighted by Crippen LogP contribution is 2.25. The second kappa shape index (κ2) is 8.70. The highest BCUT2D eigenvalue weighted by Gasteiger charge is 2.14. The average Bonchev–Trinajstić information content (AvgIpc) is 2.77. The molecule has 0 saturated heterocycles. The molecule has 4 rings (SSSR count). The van der Waals surface area contributed by atoms with Crippen LogP contribution in [0.1, 0.15) is 20.7 Å². The molecule has 4 aromatic carbocycles. The molecule has 0 radical (unpaired) electrons. The lowest BCUT2D eigenvalue weighted by atomic mass is 10.1. The number of nitro benzene ring substituents is 2. The standard InChI is InChI=1S/2C11H7NO3/c2*13-7-10-5-8-3-1-2-4-9(8)6-11(10)12(14)15/h2*1-7H. The number of nitro groups is 2. The predicted molar refractivity (Wildman–Crippen MR) is 112 cm³/mol. The first-order chi connectivity index (χ1) is 14.4. The van der Waals surface area contributed by atoms with E-state index in [0.717, 1.165) is 21.5 Å². The summed E-state index contributed by atoms with van der Waals surface area (Å²) < 4.78 is 0. The monoisotopic (exact) mass is 402 g/mol. The zero-order valence-electron chi connectivity index (χ0n) is 15.4. The van der Waals surface area contributed by atoms with Crippen LogP contribution in [0.2, 0.25) is 0 Å². The van der Waals surface area contributed by atoms with Crippen LogP contribution in [-0.2, 0) is 0 Å². The molecule has 0 saturated carbocycles. The van der Waals surface area contributed by atoms with Gasteiger partial charge in [-0.25, -0.2) is 0 Å². The third kappa shape index (κ3) is 4.17. The third-order valence-electron chi connectivity index (χ3n) is 4.44. The van der Waals surface area contributed by atoms with Crippen LogP contribution in [0.4, 0.5) is 11.4 Å². The van der Waals surface area contributed by atoms with Gasteiger partial charge in [-0.3, -0.25) is 29.8 Å². The molecule has 0 bridgehead atoms. The fourth-order valence-corrected chi connectivity index (χ4v) is 3.00. The van der Waals surface area contributed by atoms with Crippen LogP contribution in [0.15, 0.2) is 72.8 Å². The number of hydrogen-bond acceptors (Lipinski definition) is 6. The van der Waals surface area contributed by atoms with Gasteiger partial charge in [0.15, 0.2) is 12.6 Å². The first-order valence-corrected chi connectivity index (χ1v) is 8.69. The molecule has 0 fully saturated rings. The Kier molecular flexibility index (Phi) is 5.88. The number of aldehydes is 2. The van der Waals surface area contributed by atoms with Crippen molar-refractivity contribution in [3.8, 4) is 0 Å². The number of benzene rings is 4. The third-order valence-corrected chi connectivity index (χ3v) is 4.44. The number of hydrogen-bond donors (Lipinski definition) is 0. The Bertz CT molecular complexity index is 1200. The second-order valence-corrected chi connectivity index (χ2v) is 6.27. The van der Waals surface area contributed by atoms with E-state index in [1.165, 1.54) is 24.3 Å². The molecule has 0 unspecified atom stereocenters. The van der Waals surface area contributed by atoms with Crippen LogP contribution in [0.25, 0.3) is 21.5 Å². The van der Waals surface area contributed by atoms with Crippen LogP contribution in [0.5, 0.6) is 0 Å². The molecule has 0 heterocycles. The van der Waals surface area contributed by atoms with Gasteiger partial charge in [-0.05, 0) is 33.7 Å². The van der Waals surface area contributed by atoms with E-state index in [0.29, 0.717) is 12.6 Å². The lowest BCUT2D eigenvalue weighted by Gasteiger charge is -1.99. The molecule has 0 aliphatic carbocycles. The van der Waals surface area contributed by atoms with E-state index in [2.05, 4.69) is 0 Å². The summed E-state index contributed by atoms with van der Waals surface area (Å²) in [6, 6.07) is 20.3. The molecule has 0 N–H and O–H groups in total. The van der Waals surface area contributed by atoms with Gasteiger partial charge >= 0.3 is 0 Å². The van der Waals surface area contributed by atoms with E-state index in [-0.39, 0.29) is 22.5 Å². The fraction of sp³-hybridized carbons (Fsp3) is 0. The Hall–Kier alpha value is -4.46.